The quantitative estimate of drug-likeness (QED) is 0.839. The van der Waals surface area contributed by atoms with Crippen molar-refractivity contribution in [2.24, 2.45) is 0 Å². The van der Waals surface area contributed by atoms with Crippen molar-refractivity contribution in [2.75, 3.05) is 32.7 Å². The van der Waals surface area contributed by atoms with Crippen LogP contribution in [0.3, 0.4) is 0 Å². The summed E-state index contributed by atoms with van der Waals surface area (Å²) in [7, 11) is 0. The Kier molecular flexibility index (Phi) is 4.78. The SMILES string of the molecule is CC(CNC1CCCC1)N1CCCN2CCCC2C1. The average Bonchev–Trinajstić information content (AvgIpc) is 3.04. The highest BCUT2D eigenvalue weighted by Gasteiger charge is 2.30. The molecule has 3 heteroatoms. The molecule has 2 atom stereocenters. The van der Waals surface area contributed by atoms with Gasteiger partial charge in [-0.1, -0.05) is 12.8 Å². The molecule has 0 aromatic carbocycles. The van der Waals surface area contributed by atoms with Gasteiger partial charge in [-0.2, -0.15) is 0 Å². The van der Waals surface area contributed by atoms with Crippen LogP contribution in [-0.2, 0) is 0 Å². The van der Waals surface area contributed by atoms with Crippen LogP contribution in [-0.4, -0.2) is 60.6 Å². The Bertz CT molecular complexity index is 275. The van der Waals surface area contributed by atoms with Crippen molar-refractivity contribution in [3.63, 3.8) is 0 Å². The molecule has 0 amide bonds. The van der Waals surface area contributed by atoms with E-state index in [0.29, 0.717) is 6.04 Å². The number of fused-ring (bicyclic) bond motifs is 1. The fourth-order valence-electron chi connectivity index (χ4n) is 4.23. The van der Waals surface area contributed by atoms with Gasteiger partial charge < -0.3 is 5.32 Å². The van der Waals surface area contributed by atoms with Crippen LogP contribution in [0.1, 0.15) is 51.9 Å². The van der Waals surface area contributed by atoms with E-state index in [1.807, 2.05) is 0 Å². The summed E-state index contributed by atoms with van der Waals surface area (Å²) in [6.45, 7) is 8.93. The Morgan fingerprint density at radius 1 is 1.00 bits per heavy atom. The molecular formula is C16H31N3. The first kappa shape index (κ1) is 13.8. The molecular weight excluding hydrogens is 234 g/mol. The lowest BCUT2D eigenvalue weighted by Crippen LogP contribution is -2.46. The normalized spacial score (nSPS) is 32.4. The van der Waals surface area contributed by atoms with Gasteiger partial charge in [-0.3, -0.25) is 9.80 Å². The maximum Gasteiger partial charge on any atom is 0.0223 e. The van der Waals surface area contributed by atoms with Crippen molar-refractivity contribution in [2.45, 2.75) is 70.0 Å². The molecule has 3 fully saturated rings. The Morgan fingerprint density at radius 3 is 2.63 bits per heavy atom. The summed E-state index contributed by atoms with van der Waals surface area (Å²) in [6.07, 6.45) is 9.91. The van der Waals surface area contributed by atoms with Crippen molar-refractivity contribution < 1.29 is 0 Å². The monoisotopic (exact) mass is 265 g/mol. The Labute approximate surface area is 118 Å². The first-order valence-electron chi connectivity index (χ1n) is 8.54. The molecule has 110 valence electrons. The average molecular weight is 265 g/mol. The van der Waals surface area contributed by atoms with Gasteiger partial charge in [-0.05, 0) is 58.7 Å². The number of rotatable bonds is 4. The molecule has 0 radical (unpaired) electrons. The lowest BCUT2D eigenvalue weighted by atomic mass is 10.1. The zero-order chi connectivity index (χ0) is 13.1. The highest BCUT2D eigenvalue weighted by molar-refractivity contribution is 4.87. The molecule has 2 heterocycles. The van der Waals surface area contributed by atoms with Crippen molar-refractivity contribution in [1.82, 2.24) is 15.1 Å². The van der Waals surface area contributed by atoms with Crippen LogP contribution in [0.4, 0.5) is 0 Å². The maximum absolute atomic E-state index is 3.80. The zero-order valence-electron chi connectivity index (χ0n) is 12.6. The fraction of sp³-hybridized carbons (Fsp3) is 1.00. The molecule has 2 unspecified atom stereocenters. The summed E-state index contributed by atoms with van der Waals surface area (Å²) in [5.41, 5.74) is 0. The van der Waals surface area contributed by atoms with Crippen LogP contribution in [0, 0.1) is 0 Å². The summed E-state index contributed by atoms with van der Waals surface area (Å²) >= 11 is 0. The Morgan fingerprint density at radius 2 is 1.79 bits per heavy atom. The second-order valence-corrected chi connectivity index (χ2v) is 6.92. The largest absolute Gasteiger partial charge is 0.312 e. The van der Waals surface area contributed by atoms with Crippen LogP contribution in [0.15, 0.2) is 0 Å². The summed E-state index contributed by atoms with van der Waals surface area (Å²) < 4.78 is 0. The topological polar surface area (TPSA) is 18.5 Å². The third-order valence-corrected chi connectivity index (χ3v) is 5.52. The molecule has 3 nitrogen and oxygen atoms in total. The summed E-state index contributed by atoms with van der Waals surface area (Å²) in [4.78, 5) is 5.48. The van der Waals surface area contributed by atoms with Crippen molar-refractivity contribution in [3.05, 3.63) is 0 Å². The standard InChI is InChI=1S/C16H31N3/c1-14(12-17-15-6-2-3-7-15)19-11-5-10-18-9-4-8-16(18)13-19/h14-17H,2-13H2,1H3. The number of nitrogens with one attached hydrogen (secondary N) is 1. The molecule has 19 heavy (non-hydrogen) atoms. The number of hydrogen-bond donors (Lipinski definition) is 1. The Balaban J connectivity index is 1.46. The lowest BCUT2D eigenvalue weighted by Gasteiger charge is -2.31. The van der Waals surface area contributed by atoms with E-state index in [-0.39, 0.29) is 0 Å². The predicted molar refractivity (Wildman–Crippen MR) is 80.5 cm³/mol. The van der Waals surface area contributed by atoms with Gasteiger partial charge in [-0.25, -0.2) is 0 Å². The summed E-state index contributed by atoms with van der Waals surface area (Å²) in [5, 5.41) is 3.80. The molecule has 0 aromatic heterocycles. The molecule has 1 N–H and O–H groups in total. The van der Waals surface area contributed by atoms with Gasteiger partial charge in [0.2, 0.25) is 0 Å². The first-order chi connectivity index (χ1) is 9.33. The van der Waals surface area contributed by atoms with Gasteiger partial charge in [0.25, 0.3) is 0 Å². The lowest BCUT2D eigenvalue weighted by molar-refractivity contribution is 0.176. The van der Waals surface area contributed by atoms with Gasteiger partial charge >= 0.3 is 0 Å². The third kappa shape index (κ3) is 3.50. The van der Waals surface area contributed by atoms with E-state index in [9.17, 15) is 0 Å². The van der Waals surface area contributed by atoms with Crippen molar-refractivity contribution in [1.29, 1.82) is 0 Å². The molecule has 3 rings (SSSR count). The van der Waals surface area contributed by atoms with Gasteiger partial charge in [0, 0.05) is 31.2 Å². The second kappa shape index (κ2) is 6.55. The van der Waals surface area contributed by atoms with E-state index in [1.54, 1.807) is 0 Å². The molecule has 3 aliphatic rings. The minimum atomic E-state index is 0.709. The summed E-state index contributed by atoms with van der Waals surface area (Å²) in [6, 6.07) is 2.38. The number of hydrogen-bond acceptors (Lipinski definition) is 3. The predicted octanol–water partition coefficient (Wildman–Crippen LogP) is 2.08. The van der Waals surface area contributed by atoms with Gasteiger partial charge in [0.1, 0.15) is 0 Å². The molecule has 2 aliphatic heterocycles. The van der Waals surface area contributed by atoms with Crippen molar-refractivity contribution >= 4 is 0 Å². The third-order valence-electron chi connectivity index (χ3n) is 5.52. The minimum absolute atomic E-state index is 0.709. The van der Waals surface area contributed by atoms with Crippen LogP contribution < -0.4 is 5.32 Å². The molecule has 0 bridgehead atoms. The first-order valence-corrected chi connectivity index (χ1v) is 8.54. The summed E-state index contributed by atoms with van der Waals surface area (Å²) in [5.74, 6) is 0. The highest BCUT2D eigenvalue weighted by atomic mass is 15.3. The minimum Gasteiger partial charge on any atom is -0.312 e. The zero-order valence-corrected chi connectivity index (χ0v) is 12.6. The molecule has 1 aliphatic carbocycles. The molecule has 1 saturated carbocycles. The molecule has 0 spiro atoms. The van der Waals surface area contributed by atoms with E-state index >= 15 is 0 Å². The van der Waals surface area contributed by atoms with E-state index in [2.05, 4.69) is 22.0 Å². The van der Waals surface area contributed by atoms with Crippen molar-refractivity contribution in [3.8, 4) is 0 Å². The fourth-order valence-corrected chi connectivity index (χ4v) is 4.23. The molecule has 2 saturated heterocycles. The molecule has 0 aromatic rings. The maximum atomic E-state index is 3.80. The van der Waals surface area contributed by atoms with E-state index < -0.39 is 0 Å². The van der Waals surface area contributed by atoms with Crippen LogP contribution in [0.5, 0.6) is 0 Å². The highest BCUT2D eigenvalue weighted by Crippen LogP contribution is 2.22. The van der Waals surface area contributed by atoms with Crippen LogP contribution in [0.2, 0.25) is 0 Å². The Hall–Kier alpha value is -0.120. The van der Waals surface area contributed by atoms with Crippen LogP contribution in [0.25, 0.3) is 0 Å². The second-order valence-electron chi connectivity index (χ2n) is 6.92. The van der Waals surface area contributed by atoms with E-state index in [0.717, 1.165) is 12.1 Å². The van der Waals surface area contributed by atoms with Crippen LogP contribution >= 0.6 is 0 Å². The number of nitrogens with zero attached hydrogens (tertiary/aromatic N) is 2. The van der Waals surface area contributed by atoms with E-state index in [4.69, 9.17) is 0 Å². The van der Waals surface area contributed by atoms with Gasteiger partial charge in [-0.15, -0.1) is 0 Å². The van der Waals surface area contributed by atoms with Gasteiger partial charge in [0.15, 0.2) is 0 Å². The smallest absolute Gasteiger partial charge is 0.0223 e. The van der Waals surface area contributed by atoms with E-state index in [1.165, 1.54) is 77.7 Å². The van der Waals surface area contributed by atoms with Gasteiger partial charge in [0.05, 0.1) is 0 Å².